The molecule has 2 heterocycles. The summed E-state index contributed by atoms with van der Waals surface area (Å²) in [6.07, 6.45) is 9.14. The first-order valence-electron chi connectivity index (χ1n) is 7.87. The van der Waals surface area contributed by atoms with Crippen molar-refractivity contribution in [1.29, 1.82) is 0 Å². The van der Waals surface area contributed by atoms with Gasteiger partial charge in [-0.1, -0.05) is 12.1 Å². The van der Waals surface area contributed by atoms with Gasteiger partial charge in [-0.25, -0.2) is 0 Å². The number of rotatable bonds is 5. The minimum Gasteiger partial charge on any atom is -0.310 e. The molecule has 0 radical (unpaired) electrons. The van der Waals surface area contributed by atoms with Gasteiger partial charge in [-0.05, 0) is 60.2 Å². The van der Waals surface area contributed by atoms with Crippen LogP contribution in [0.1, 0.15) is 29.5 Å². The molecule has 0 saturated heterocycles. The minimum atomic E-state index is 0.711. The van der Waals surface area contributed by atoms with Crippen LogP contribution in [0.4, 0.5) is 0 Å². The Balaban J connectivity index is 1.68. The van der Waals surface area contributed by atoms with Crippen LogP contribution in [-0.4, -0.2) is 16.0 Å². The molecule has 1 fully saturated rings. The third kappa shape index (κ3) is 3.00. The highest BCUT2D eigenvalue weighted by atomic mass is 14.9. The average molecular weight is 289 g/mol. The number of fused-ring (bicyclic) bond motifs is 1. The Morgan fingerprint density at radius 2 is 1.86 bits per heavy atom. The van der Waals surface area contributed by atoms with E-state index in [1.807, 2.05) is 24.7 Å². The van der Waals surface area contributed by atoms with Crippen LogP contribution >= 0.6 is 0 Å². The summed E-state index contributed by atoms with van der Waals surface area (Å²) >= 11 is 0. The van der Waals surface area contributed by atoms with Gasteiger partial charge in [0.15, 0.2) is 0 Å². The summed E-state index contributed by atoms with van der Waals surface area (Å²) in [6, 6.07) is 13.6. The van der Waals surface area contributed by atoms with Crippen LogP contribution in [0.5, 0.6) is 0 Å². The van der Waals surface area contributed by atoms with E-state index in [0.717, 1.165) is 18.5 Å². The lowest BCUT2D eigenvalue weighted by atomic mass is 10.00. The first-order chi connectivity index (χ1) is 10.9. The zero-order chi connectivity index (χ0) is 14.8. The molecule has 3 heteroatoms. The number of aromatic nitrogens is 2. The molecule has 1 aromatic carbocycles. The van der Waals surface area contributed by atoms with Gasteiger partial charge >= 0.3 is 0 Å². The molecule has 0 unspecified atom stereocenters. The maximum Gasteiger partial charge on any atom is 0.0747 e. The van der Waals surface area contributed by atoms with E-state index >= 15 is 0 Å². The van der Waals surface area contributed by atoms with E-state index in [4.69, 9.17) is 0 Å². The number of nitrogens with zero attached hydrogens (tertiary/aromatic N) is 2. The Bertz CT molecular complexity index is 779. The summed E-state index contributed by atoms with van der Waals surface area (Å²) in [4.78, 5) is 8.67. The summed E-state index contributed by atoms with van der Waals surface area (Å²) in [5.74, 6) is 0. The molecule has 0 atom stereocenters. The van der Waals surface area contributed by atoms with Crippen LogP contribution in [0.15, 0.2) is 55.0 Å². The first-order valence-corrected chi connectivity index (χ1v) is 7.87. The van der Waals surface area contributed by atoms with Crippen molar-refractivity contribution in [3.63, 3.8) is 0 Å². The van der Waals surface area contributed by atoms with Crippen molar-refractivity contribution in [2.75, 3.05) is 0 Å². The molecular weight excluding hydrogens is 270 g/mol. The van der Waals surface area contributed by atoms with Crippen LogP contribution < -0.4 is 5.32 Å². The van der Waals surface area contributed by atoms with Crippen molar-refractivity contribution < 1.29 is 0 Å². The van der Waals surface area contributed by atoms with E-state index < -0.39 is 0 Å². The standard InChI is InChI=1S/C19H19N3/c1-2-16-11-15(10-14-5-8-20-9-6-14)12-17(19(16)21-7-1)13-22-18-3-4-18/h1-2,5-9,11-12,18,22H,3-4,10,13H2. The van der Waals surface area contributed by atoms with Crippen LogP contribution in [0, 0.1) is 0 Å². The van der Waals surface area contributed by atoms with Crippen molar-refractivity contribution in [2.24, 2.45) is 0 Å². The highest BCUT2D eigenvalue weighted by Gasteiger charge is 2.20. The maximum absolute atomic E-state index is 4.58. The van der Waals surface area contributed by atoms with Crippen molar-refractivity contribution in [3.05, 3.63) is 71.7 Å². The Morgan fingerprint density at radius 3 is 2.68 bits per heavy atom. The van der Waals surface area contributed by atoms with E-state index in [2.05, 4.69) is 45.6 Å². The monoisotopic (exact) mass is 289 g/mol. The molecule has 0 bridgehead atoms. The Kier molecular flexibility index (Phi) is 3.57. The Hall–Kier alpha value is -2.26. The number of hydrogen-bond donors (Lipinski definition) is 1. The van der Waals surface area contributed by atoms with Crippen LogP contribution in [-0.2, 0) is 13.0 Å². The van der Waals surface area contributed by atoms with Gasteiger partial charge in [0.2, 0.25) is 0 Å². The number of benzene rings is 1. The lowest BCUT2D eigenvalue weighted by Gasteiger charge is -2.10. The van der Waals surface area contributed by atoms with Gasteiger partial charge in [-0.15, -0.1) is 0 Å². The summed E-state index contributed by atoms with van der Waals surface area (Å²) in [5.41, 5.74) is 5.04. The zero-order valence-corrected chi connectivity index (χ0v) is 12.5. The summed E-state index contributed by atoms with van der Waals surface area (Å²) < 4.78 is 0. The third-order valence-corrected chi connectivity index (χ3v) is 4.16. The lowest BCUT2D eigenvalue weighted by Crippen LogP contribution is -2.16. The summed E-state index contributed by atoms with van der Waals surface area (Å²) in [5, 5.41) is 4.83. The second-order valence-electron chi connectivity index (χ2n) is 6.02. The normalized spacial score (nSPS) is 14.4. The molecule has 1 aliphatic rings. The zero-order valence-electron chi connectivity index (χ0n) is 12.5. The fourth-order valence-electron chi connectivity index (χ4n) is 2.85. The minimum absolute atomic E-state index is 0.711. The smallest absolute Gasteiger partial charge is 0.0747 e. The molecular formula is C19H19N3. The third-order valence-electron chi connectivity index (χ3n) is 4.16. The highest BCUT2D eigenvalue weighted by Crippen LogP contribution is 2.23. The fraction of sp³-hybridized carbons (Fsp3) is 0.263. The second kappa shape index (κ2) is 5.85. The first kappa shape index (κ1) is 13.4. The summed E-state index contributed by atoms with van der Waals surface area (Å²) in [6.45, 7) is 0.905. The predicted octanol–water partition coefficient (Wildman–Crippen LogP) is 3.47. The average Bonchev–Trinajstić information content (AvgIpc) is 3.38. The lowest BCUT2D eigenvalue weighted by molar-refractivity contribution is 0.689. The van der Waals surface area contributed by atoms with Gasteiger partial charge in [-0.3, -0.25) is 9.97 Å². The molecule has 1 saturated carbocycles. The van der Waals surface area contributed by atoms with E-state index in [0.29, 0.717) is 6.04 Å². The molecule has 0 amide bonds. The molecule has 4 rings (SSSR count). The van der Waals surface area contributed by atoms with Gasteiger partial charge in [0.25, 0.3) is 0 Å². The molecule has 1 aliphatic carbocycles. The van der Waals surface area contributed by atoms with E-state index in [1.165, 1.54) is 34.9 Å². The van der Waals surface area contributed by atoms with Gasteiger partial charge in [0.05, 0.1) is 5.52 Å². The van der Waals surface area contributed by atoms with Crippen LogP contribution in [0.25, 0.3) is 10.9 Å². The SMILES string of the molecule is c1cnc2c(CNC3CC3)cc(Cc3ccncc3)cc2c1. The largest absolute Gasteiger partial charge is 0.310 e. The number of pyridine rings is 2. The molecule has 110 valence electrons. The highest BCUT2D eigenvalue weighted by molar-refractivity contribution is 5.82. The van der Waals surface area contributed by atoms with Crippen molar-refractivity contribution >= 4 is 10.9 Å². The second-order valence-corrected chi connectivity index (χ2v) is 6.02. The predicted molar refractivity (Wildman–Crippen MR) is 88.6 cm³/mol. The fourth-order valence-corrected chi connectivity index (χ4v) is 2.85. The Labute approximate surface area is 130 Å². The number of nitrogens with one attached hydrogen (secondary N) is 1. The molecule has 0 spiro atoms. The van der Waals surface area contributed by atoms with Gasteiger partial charge in [-0.2, -0.15) is 0 Å². The van der Waals surface area contributed by atoms with E-state index in [-0.39, 0.29) is 0 Å². The number of hydrogen-bond acceptors (Lipinski definition) is 3. The van der Waals surface area contributed by atoms with E-state index in [1.54, 1.807) is 0 Å². The molecule has 3 aromatic rings. The van der Waals surface area contributed by atoms with Crippen LogP contribution in [0.3, 0.4) is 0 Å². The van der Waals surface area contributed by atoms with Crippen LogP contribution in [0.2, 0.25) is 0 Å². The van der Waals surface area contributed by atoms with Crippen molar-refractivity contribution in [2.45, 2.75) is 31.8 Å². The van der Waals surface area contributed by atoms with Crippen molar-refractivity contribution in [1.82, 2.24) is 15.3 Å². The molecule has 1 N–H and O–H groups in total. The Morgan fingerprint density at radius 1 is 1.00 bits per heavy atom. The quantitative estimate of drug-likeness (QED) is 0.781. The van der Waals surface area contributed by atoms with Gasteiger partial charge in [0.1, 0.15) is 0 Å². The maximum atomic E-state index is 4.58. The van der Waals surface area contributed by atoms with E-state index in [9.17, 15) is 0 Å². The molecule has 2 aromatic heterocycles. The molecule has 3 nitrogen and oxygen atoms in total. The molecule has 22 heavy (non-hydrogen) atoms. The topological polar surface area (TPSA) is 37.8 Å². The van der Waals surface area contributed by atoms with Gasteiger partial charge < -0.3 is 5.32 Å². The van der Waals surface area contributed by atoms with Crippen molar-refractivity contribution in [3.8, 4) is 0 Å². The van der Waals surface area contributed by atoms with Gasteiger partial charge in [0, 0.05) is 36.6 Å². The molecule has 0 aliphatic heterocycles. The summed E-state index contributed by atoms with van der Waals surface area (Å²) in [7, 11) is 0.